The van der Waals surface area contributed by atoms with Crippen LogP contribution >= 0.6 is 0 Å². The molecule has 2 aromatic carbocycles. The van der Waals surface area contributed by atoms with Crippen LogP contribution in [0, 0.1) is 6.92 Å². The van der Waals surface area contributed by atoms with E-state index in [1.807, 2.05) is 4.90 Å². The van der Waals surface area contributed by atoms with Gasteiger partial charge in [-0.3, -0.25) is 9.78 Å². The Morgan fingerprint density at radius 1 is 1.08 bits per heavy atom. The first-order valence-corrected chi connectivity index (χ1v) is 8.34. The molecule has 1 N–H and O–H groups in total. The summed E-state index contributed by atoms with van der Waals surface area (Å²) >= 11 is 0. The predicted molar refractivity (Wildman–Crippen MR) is 96.1 cm³/mol. The van der Waals surface area contributed by atoms with Gasteiger partial charge in [-0.1, -0.05) is 12.1 Å². The number of hydrogen-bond donors (Lipinski definition) is 1. The Labute approximate surface area is 144 Å². The lowest BCUT2D eigenvalue weighted by Crippen LogP contribution is -2.48. The van der Waals surface area contributed by atoms with Crippen molar-refractivity contribution in [2.45, 2.75) is 6.92 Å². The Hall–Kier alpha value is -3.02. The number of nitrogens with zero attached hydrogens (tertiary/aromatic N) is 2. The first-order chi connectivity index (χ1) is 12.1. The van der Waals surface area contributed by atoms with Crippen molar-refractivity contribution in [2.75, 3.05) is 31.1 Å². The van der Waals surface area contributed by atoms with Crippen LogP contribution in [0.25, 0.3) is 11.1 Å². The topological polar surface area (TPSA) is 69.6 Å². The zero-order valence-corrected chi connectivity index (χ0v) is 14.0. The number of piperazine rings is 1. The number of nitrogens with one attached hydrogen (secondary N) is 1. The van der Waals surface area contributed by atoms with Gasteiger partial charge >= 0.3 is 5.76 Å². The zero-order chi connectivity index (χ0) is 17.4. The van der Waals surface area contributed by atoms with Crippen molar-refractivity contribution in [3.8, 4) is 0 Å². The van der Waals surface area contributed by atoms with E-state index in [1.54, 1.807) is 18.2 Å². The minimum Gasteiger partial charge on any atom is -0.408 e. The number of carbonyl (C=O) groups excluding carboxylic acids is 1. The van der Waals surface area contributed by atoms with Gasteiger partial charge in [0.15, 0.2) is 5.58 Å². The van der Waals surface area contributed by atoms with Crippen molar-refractivity contribution in [1.29, 1.82) is 0 Å². The lowest BCUT2D eigenvalue weighted by molar-refractivity contribution is 0.0747. The Balaban J connectivity index is 1.47. The largest absolute Gasteiger partial charge is 0.417 e. The van der Waals surface area contributed by atoms with E-state index in [0.717, 1.165) is 13.1 Å². The van der Waals surface area contributed by atoms with Crippen molar-refractivity contribution in [3.63, 3.8) is 0 Å². The van der Waals surface area contributed by atoms with E-state index >= 15 is 0 Å². The van der Waals surface area contributed by atoms with Gasteiger partial charge in [0.05, 0.1) is 5.52 Å². The molecule has 6 nitrogen and oxygen atoms in total. The number of fused-ring (bicyclic) bond motifs is 1. The minimum absolute atomic E-state index is 0.0327. The van der Waals surface area contributed by atoms with Crippen molar-refractivity contribution >= 4 is 22.7 Å². The summed E-state index contributed by atoms with van der Waals surface area (Å²) in [5.74, 6) is -0.541. The molecule has 1 amide bonds. The summed E-state index contributed by atoms with van der Waals surface area (Å²) in [6.07, 6.45) is 0. The number of aryl methyl sites for hydroxylation is 1. The number of rotatable bonds is 2. The second kappa shape index (κ2) is 6.12. The normalized spacial score (nSPS) is 14.9. The highest BCUT2D eigenvalue weighted by Gasteiger charge is 2.23. The van der Waals surface area contributed by atoms with Gasteiger partial charge in [0.1, 0.15) is 0 Å². The predicted octanol–water partition coefficient (Wildman–Crippen LogP) is 2.39. The molecule has 0 bridgehead atoms. The molecule has 6 heteroatoms. The highest BCUT2D eigenvalue weighted by molar-refractivity contribution is 5.97. The number of H-pyrrole nitrogens is 1. The minimum atomic E-state index is -0.508. The van der Waals surface area contributed by atoms with Crippen molar-refractivity contribution < 1.29 is 9.21 Å². The summed E-state index contributed by atoms with van der Waals surface area (Å²) in [5, 5.41) is 0. The van der Waals surface area contributed by atoms with E-state index in [9.17, 15) is 9.59 Å². The van der Waals surface area contributed by atoms with Crippen LogP contribution in [0.15, 0.2) is 51.7 Å². The van der Waals surface area contributed by atoms with E-state index in [0.29, 0.717) is 29.8 Å². The molecular formula is C19H19N3O3. The fraction of sp³-hybridized carbons (Fsp3) is 0.263. The van der Waals surface area contributed by atoms with E-state index in [1.165, 1.54) is 11.3 Å². The molecule has 2 heterocycles. The number of hydrogen-bond acceptors (Lipinski definition) is 4. The van der Waals surface area contributed by atoms with Crippen molar-refractivity contribution in [3.05, 3.63) is 64.1 Å². The SMILES string of the molecule is Cc1cccc(N2CCN(C(=O)c3ccc4[nH]c(=O)oc4c3)CC2)c1. The summed E-state index contributed by atoms with van der Waals surface area (Å²) in [6.45, 7) is 5.02. The molecule has 0 unspecified atom stereocenters. The standard InChI is InChI=1S/C19H19N3O3/c1-13-3-2-4-15(11-13)21-7-9-22(10-8-21)18(23)14-5-6-16-17(12-14)25-19(24)20-16/h2-6,11-12H,7-10H2,1H3,(H,20,24). The molecule has 1 fully saturated rings. The van der Waals surface area contributed by atoms with Crippen LogP contribution in [0.4, 0.5) is 5.69 Å². The van der Waals surface area contributed by atoms with Crippen molar-refractivity contribution in [1.82, 2.24) is 9.88 Å². The average molecular weight is 337 g/mol. The maximum atomic E-state index is 12.7. The molecule has 0 saturated carbocycles. The third-order valence-electron chi connectivity index (χ3n) is 4.60. The van der Waals surface area contributed by atoms with Gasteiger partial charge in [0, 0.05) is 37.4 Å². The van der Waals surface area contributed by atoms with E-state index in [-0.39, 0.29) is 5.91 Å². The van der Waals surface area contributed by atoms with Crippen LogP contribution in [0.3, 0.4) is 0 Å². The molecule has 1 aromatic heterocycles. The summed E-state index contributed by atoms with van der Waals surface area (Å²) in [6, 6.07) is 13.5. The van der Waals surface area contributed by atoms with Gasteiger partial charge in [-0.05, 0) is 42.8 Å². The quantitative estimate of drug-likeness (QED) is 0.779. The molecule has 0 radical (unpaired) electrons. The highest BCUT2D eigenvalue weighted by Crippen LogP contribution is 2.19. The summed E-state index contributed by atoms with van der Waals surface area (Å²) in [4.78, 5) is 30.7. The second-order valence-corrected chi connectivity index (χ2v) is 6.34. The lowest BCUT2D eigenvalue weighted by Gasteiger charge is -2.36. The molecule has 25 heavy (non-hydrogen) atoms. The fourth-order valence-corrected chi connectivity index (χ4v) is 3.25. The van der Waals surface area contributed by atoms with Crippen LogP contribution in [0.1, 0.15) is 15.9 Å². The molecule has 0 atom stereocenters. The third kappa shape index (κ3) is 3.03. The van der Waals surface area contributed by atoms with Crippen LogP contribution in [0.2, 0.25) is 0 Å². The maximum Gasteiger partial charge on any atom is 0.417 e. The molecule has 1 saturated heterocycles. The Bertz CT molecular complexity index is 981. The smallest absolute Gasteiger partial charge is 0.408 e. The molecule has 0 aliphatic carbocycles. The molecule has 0 spiro atoms. The summed E-state index contributed by atoms with van der Waals surface area (Å²) in [7, 11) is 0. The number of carbonyl (C=O) groups is 1. The average Bonchev–Trinajstić information content (AvgIpc) is 3.00. The number of oxazole rings is 1. The van der Waals surface area contributed by atoms with Crippen molar-refractivity contribution in [2.24, 2.45) is 0 Å². The fourth-order valence-electron chi connectivity index (χ4n) is 3.25. The maximum absolute atomic E-state index is 12.7. The van der Waals surface area contributed by atoms with Gasteiger partial charge in [-0.15, -0.1) is 0 Å². The molecular weight excluding hydrogens is 318 g/mol. The Morgan fingerprint density at radius 2 is 1.88 bits per heavy atom. The highest BCUT2D eigenvalue weighted by atomic mass is 16.4. The van der Waals surface area contributed by atoms with Crippen LogP contribution in [-0.4, -0.2) is 42.0 Å². The first-order valence-electron chi connectivity index (χ1n) is 8.34. The molecule has 3 aromatic rings. The molecule has 1 aliphatic heterocycles. The monoisotopic (exact) mass is 337 g/mol. The number of anilines is 1. The van der Waals surface area contributed by atoms with Crippen LogP contribution < -0.4 is 10.7 Å². The number of aromatic nitrogens is 1. The lowest BCUT2D eigenvalue weighted by atomic mass is 10.1. The third-order valence-corrected chi connectivity index (χ3v) is 4.60. The summed E-state index contributed by atoms with van der Waals surface area (Å²) < 4.78 is 5.04. The molecule has 4 rings (SSSR count). The van der Waals surface area contributed by atoms with Crippen LogP contribution in [-0.2, 0) is 0 Å². The van der Waals surface area contributed by atoms with Gasteiger partial charge in [0.25, 0.3) is 5.91 Å². The molecule has 128 valence electrons. The van der Waals surface area contributed by atoms with E-state index in [2.05, 4.69) is 41.1 Å². The first kappa shape index (κ1) is 15.5. The number of aromatic amines is 1. The van der Waals surface area contributed by atoms with E-state index in [4.69, 9.17) is 4.42 Å². The Kier molecular flexibility index (Phi) is 3.80. The van der Waals surface area contributed by atoms with Gasteiger partial charge < -0.3 is 14.2 Å². The summed E-state index contributed by atoms with van der Waals surface area (Å²) in [5.41, 5.74) is 3.99. The Morgan fingerprint density at radius 3 is 2.64 bits per heavy atom. The van der Waals surface area contributed by atoms with E-state index < -0.39 is 5.76 Å². The van der Waals surface area contributed by atoms with Gasteiger partial charge in [0.2, 0.25) is 0 Å². The van der Waals surface area contributed by atoms with Gasteiger partial charge in [-0.2, -0.15) is 0 Å². The second-order valence-electron chi connectivity index (χ2n) is 6.34. The van der Waals surface area contributed by atoms with Gasteiger partial charge in [-0.25, -0.2) is 4.79 Å². The number of benzene rings is 2. The molecule has 1 aliphatic rings. The zero-order valence-electron chi connectivity index (χ0n) is 14.0. The number of amides is 1. The van der Waals surface area contributed by atoms with Crippen LogP contribution in [0.5, 0.6) is 0 Å².